The number of aromatic amines is 1. The third-order valence-corrected chi connectivity index (χ3v) is 4.54. The molecule has 0 fully saturated rings. The maximum Gasteiger partial charge on any atom is 0.0700 e. The molecular weight excluding hydrogens is 509 g/mol. The van der Waals surface area contributed by atoms with E-state index in [2.05, 4.69) is 74.0 Å². The zero-order chi connectivity index (χ0) is 22.6. The summed E-state index contributed by atoms with van der Waals surface area (Å²) in [5.41, 5.74) is 2.65. The second-order valence-electron chi connectivity index (χ2n) is 6.66. The number of nitrogens with one attached hydrogen (secondary N) is 1. The molecule has 1 N–H and O–H groups in total. The van der Waals surface area contributed by atoms with E-state index in [9.17, 15) is 8.42 Å². The molecule has 1 heterocycles. The largest absolute Gasteiger partial charge is 0.424 e. The van der Waals surface area contributed by atoms with E-state index in [1.54, 1.807) is 6.92 Å². The minimum atomic E-state index is -1.82. The Kier molecular flexibility index (Phi) is 24.9. The zero-order valence-corrected chi connectivity index (χ0v) is 23.7. The molecule has 1 aromatic heterocycles. The normalized spacial score (nSPS) is 10.3. The number of nitrogens with zero attached hydrogens (tertiary/aromatic N) is 1. The molecule has 0 aliphatic carbocycles. The Bertz CT molecular complexity index is 708. The summed E-state index contributed by atoms with van der Waals surface area (Å²) in [7, 11) is 2.39. The van der Waals surface area contributed by atoms with Gasteiger partial charge in [-0.3, -0.25) is 0 Å². The molecule has 31 heavy (non-hydrogen) atoms. The van der Waals surface area contributed by atoms with Crippen LogP contribution in [0.25, 0.3) is 10.9 Å². The number of hydrogen-bond acceptors (Lipinski definition) is 7. The van der Waals surface area contributed by atoms with Gasteiger partial charge in [0.1, 0.15) is 0 Å². The van der Waals surface area contributed by atoms with Crippen molar-refractivity contribution < 1.29 is 50.6 Å². The van der Waals surface area contributed by atoms with Gasteiger partial charge in [0.25, 0.3) is 0 Å². The number of unbranched alkanes of at least 4 members (excludes halogenated alkanes) is 1. The first-order valence-corrected chi connectivity index (χ1v) is 12.1. The van der Waals surface area contributed by atoms with Crippen molar-refractivity contribution in [3.8, 4) is 0 Å². The van der Waals surface area contributed by atoms with Gasteiger partial charge in [-0.1, -0.05) is 48.0 Å². The molecule has 1 radical (unpaired) electrons. The number of likely N-dealkylation sites (N-methyl/N-ethyl adjacent to an activating group) is 1. The molecule has 0 unspecified atom stereocenters. The van der Waals surface area contributed by atoms with Crippen LogP contribution < -0.4 is 0 Å². The molecule has 177 valence electrons. The van der Waals surface area contributed by atoms with Crippen LogP contribution in [-0.2, 0) is 67.7 Å². The first-order chi connectivity index (χ1) is 14.5. The molecule has 2 aromatic rings. The molecule has 6 nitrogen and oxygen atoms in total. The summed E-state index contributed by atoms with van der Waals surface area (Å²) in [6.07, 6.45) is 5.20. The second kappa shape index (κ2) is 23.2. The van der Waals surface area contributed by atoms with Crippen LogP contribution in [0.15, 0.2) is 30.5 Å². The fraction of sp³-hybridized carbons (Fsp3) is 0.591. The number of ether oxygens (including phenoxy) is 2. The minimum absolute atomic E-state index is 0. The third kappa shape index (κ3) is 19.2. The maximum atomic E-state index is 9.37. The van der Waals surface area contributed by atoms with Gasteiger partial charge in [0.2, 0.25) is 0 Å². The molecular formula is C22H38N2O4S2Y-2. The van der Waals surface area contributed by atoms with Crippen molar-refractivity contribution >= 4 is 34.2 Å². The van der Waals surface area contributed by atoms with Crippen LogP contribution in [-0.4, -0.2) is 68.5 Å². The Morgan fingerprint density at radius 3 is 2.26 bits per heavy atom. The summed E-state index contributed by atoms with van der Waals surface area (Å²) in [6, 6.07) is 8.45. The number of benzene rings is 1. The number of aromatic nitrogens is 1. The monoisotopic (exact) mass is 547 g/mol. The van der Waals surface area contributed by atoms with Crippen molar-refractivity contribution in [3.05, 3.63) is 42.9 Å². The van der Waals surface area contributed by atoms with Gasteiger partial charge < -0.3 is 34.7 Å². The molecule has 0 saturated heterocycles. The molecule has 1 aromatic carbocycles. The number of thiol groups is 1. The van der Waals surface area contributed by atoms with E-state index in [-0.39, 0.29) is 38.5 Å². The quantitative estimate of drug-likeness (QED) is 0.181. The Labute approximate surface area is 221 Å². The summed E-state index contributed by atoms with van der Waals surface area (Å²) in [4.78, 5) is 5.50. The molecule has 0 atom stereocenters. The summed E-state index contributed by atoms with van der Waals surface area (Å²) in [5, 5.41) is 1.36. The molecule has 0 spiro atoms. The molecule has 0 saturated carbocycles. The summed E-state index contributed by atoms with van der Waals surface area (Å²) >= 11 is 4.01. The predicted molar refractivity (Wildman–Crippen MR) is 130 cm³/mol. The van der Waals surface area contributed by atoms with Crippen LogP contribution in [0.3, 0.4) is 0 Å². The van der Waals surface area contributed by atoms with Gasteiger partial charge in [-0.05, 0) is 32.1 Å². The zero-order valence-electron chi connectivity index (χ0n) is 19.2. The van der Waals surface area contributed by atoms with Crippen molar-refractivity contribution in [3.63, 3.8) is 0 Å². The van der Waals surface area contributed by atoms with E-state index in [0.29, 0.717) is 19.8 Å². The Morgan fingerprint density at radius 2 is 1.71 bits per heavy atom. The topological polar surface area (TPSA) is 71.6 Å². The van der Waals surface area contributed by atoms with E-state index in [1.165, 1.54) is 16.5 Å². The van der Waals surface area contributed by atoms with Crippen LogP contribution in [0.2, 0.25) is 0 Å². The third-order valence-electron chi connectivity index (χ3n) is 3.89. The number of hydrogen-bond donors (Lipinski definition) is 2. The van der Waals surface area contributed by atoms with Crippen molar-refractivity contribution in [2.24, 2.45) is 0 Å². The maximum absolute atomic E-state index is 9.37. The van der Waals surface area contributed by atoms with Gasteiger partial charge in [0.05, 0.1) is 19.8 Å². The van der Waals surface area contributed by atoms with Crippen LogP contribution in [0.4, 0.5) is 0 Å². The average molecular weight is 548 g/mol. The van der Waals surface area contributed by atoms with Crippen molar-refractivity contribution in [1.29, 1.82) is 0 Å². The van der Waals surface area contributed by atoms with Crippen molar-refractivity contribution in [2.45, 2.75) is 26.2 Å². The number of para-hydroxylation sites is 1. The first kappa shape index (κ1) is 33.2. The van der Waals surface area contributed by atoms with Gasteiger partial charge in [0.15, 0.2) is 0 Å². The van der Waals surface area contributed by atoms with Gasteiger partial charge >= 0.3 is 0 Å². The van der Waals surface area contributed by atoms with E-state index in [4.69, 9.17) is 9.47 Å². The Hall–Kier alpha value is 0.0439. The number of fused-ring (bicyclic) bond motifs is 1. The number of rotatable bonds is 12. The van der Waals surface area contributed by atoms with Gasteiger partial charge in [-0.2, -0.15) is 19.0 Å². The fourth-order valence-corrected chi connectivity index (χ4v) is 2.40. The molecule has 0 aliphatic heterocycles. The Morgan fingerprint density at radius 1 is 1.10 bits per heavy atom. The van der Waals surface area contributed by atoms with Crippen LogP contribution in [0.1, 0.15) is 25.3 Å². The molecule has 9 heteroatoms. The Balaban J connectivity index is 0. The van der Waals surface area contributed by atoms with E-state index in [0.717, 1.165) is 38.2 Å². The summed E-state index contributed by atoms with van der Waals surface area (Å²) in [5.74, 6) is 0.999. The molecule has 2 rings (SSSR count). The first-order valence-electron chi connectivity index (χ1n) is 10.3. The minimum Gasteiger partial charge on any atom is -0.424 e. The van der Waals surface area contributed by atoms with Crippen molar-refractivity contribution in [1.82, 2.24) is 9.88 Å². The van der Waals surface area contributed by atoms with Gasteiger partial charge in [-0.15, -0.1) is 0 Å². The van der Waals surface area contributed by atoms with Crippen LogP contribution in [0.5, 0.6) is 0 Å². The number of H-pyrrole nitrogens is 1. The van der Waals surface area contributed by atoms with E-state index < -0.39 is 10.7 Å². The van der Waals surface area contributed by atoms with Crippen LogP contribution in [0, 0.1) is 6.92 Å². The summed E-state index contributed by atoms with van der Waals surface area (Å²) < 4.78 is 29.1. The summed E-state index contributed by atoms with van der Waals surface area (Å²) in [6.45, 7) is 9.27. The SMILES string of the molecule is CC[S-](=O)=O.CN(C)CCc1c[nH]c2ccccc12.[CH2-]CCCOCCOCCS.[Y]. The smallest absolute Gasteiger partial charge is 0.0700 e. The predicted octanol–water partition coefficient (Wildman–Crippen LogP) is 4.15. The molecule has 0 aliphatic rings. The average Bonchev–Trinajstić information content (AvgIpc) is 3.16. The van der Waals surface area contributed by atoms with E-state index >= 15 is 0 Å². The molecule has 0 amide bonds. The van der Waals surface area contributed by atoms with Crippen molar-refractivity contribution in [2.75, 3.05) is 58.6 Å². The van der Waals surface area contributed by atoms with Gasteiger partial charge in [-0.25, -0.2) is 0 Å². The second-order valence-corrected chi connectivity index (χ2v) is 8.29. The van der Waals surface area contributed by atoms with Gasteiger partial charge in [0, 0.05) is 68.7 Å². The van der Waals surface area contributed by atoms with E-state index in [1.807, 2.05) is 0 Å². The molecule has 0 bridgehead atoms. The van der Waals surface area contributed by atoms with Crippen LogP contribution >= 0.6 is 12.6 Å². The fourth-order valence-electron chi connectivity index (χ4n) is 2.27. The standard InChI is InChI=1S/C12H16N2.C8H17O2S.C2H5O2S.Y/c1-14(2)8-7-10-9-13-12-6-4-3-5-11(10)12;1-2-3-4-9-5-6-10-7-8-11;1-2-5(3)4;/h3-6,9,13H,7-8H2,1-2H3;11H,1-8H2;2H2,1H3;/q;2*-1;.